The molecule has 4 heteroatoms. The molecule has 2 aromatic rings. The van der Waals surface area contributed by atoms with E-state index in [-0.39, 0.29) is 24.5 Å². The van der Waals surface area contributed by atoms with Crippen LogP contribution >= 0.6 is 0 Å². The lowest BCUT2D eigenvalue weighted by atomic mass is 10.2. The van der Waals surface area contributed by atoms with E-state index < -0.39 is 11.8 Å². The van der Waals surface area contributed by atoms with Crippen molar-refractivity contribution in [3.05, 3.63) is 65.5 Å². The average molecular weight is 274 g/mol. The highest BCUT2D eigenvalue weighted by Gasteiger charge is 2.11. The molecule has 0 aromatic heterocycles. The van der Waals surface area contributed by atoms with Crippen molar-refractivity contribution in [2.24, 2.45) is 0 Å². The van der Waals surface area contributed by atoms with Crippen molar-refractivity contribution in [2.75, 3.05) is 6.61 Å². The Balaban J connectivity index is 2.04. The molecule has 20 heavy (non-hydrogen) atoms. The third-order valence-corrected chi connectivity index (χ3v) is 2.68. The fourth-order valence-electron chi connectivity index (χ4n) is 1.69. The van der Waals surface area contributed by atoms with E-state index in [0.717, 1.165) is 11.6 Å². The summed E-state index contributed by atoms with van der Waals surface area (Å²) in [4.78, 5) is 11.5. The molecule has 0 amide bonds. The minimum atomic E-state index is -0.577. The molecule has 0 aliphatic carbocycles. The van der Waals surface area contributed by atoms with E-state index in [4.69, 9.17) is 9.47 Å². The maximum absolute atomic E-state index is 13.8. The Hall–Kier alpha value is -2.36. The summed E-state index contributed by atoms with van der Waals surface area (Å²) in [5.41, 5.74) is 1.12. The fraction of sp³-hybridized carbons (Fsp3) is 0.188. The zero-order chi connectivity index (χ0) is 14.4. The van der Waals surface area contributed by atoms with Crippen LogP contribution < -0.4 is 4.74 Å². The Kier molecular flexibility index (Phi) is 4.71. The molecule has 0 saturated heterocycles. The zero-order valence-electron chi connectivity index (χ0n) is 11.1. The van der Waals surface area contributed by atoms with Crippen LogP contribution in [0.5, 0.6) is 5.75 Å². The van der Waals surface area contributed by atoms with Crippen LogP contribution in [0.3, 0.4) is 0 Å². The number of carbonyl (C=O) groups excluding carboxylic acids is 1. The quantitative estimate of drug-likeness (QED) is 0.782. The highest BCUT2D eigenvalue weighted by Crippen LogP contribution is 2.20. The highest BCUT2D eigenvalue weighted by molar-refractivity contribution is 5.89. The molecule has 3 nitrogen and oxygen atoms in total. The Morgan fingerprint density at radius 2 is 1.90 bits per heavy atom. The predicted octanol–water partition coefficient (Wildman–Crippen LogP) is 3.58. The monoisotopic (exact) mass is 274 g/mol. The standard InChI is InChI=1S/C16H15FO3/c1-2-19-16(18)13-8-9-15(14(17)10-13)20-11-12-6-4-3-5-7-12/h3-10H,2,11H2,1H3. The number of rotatable bonds is 5. The van der Waals surface area contributed by atoms with Crippen molar-refractivity contribution in [2.45, 2.75) is 13.5 Å². The molecule has 0 unspecified atom stereocenters. The molecule has 0 spiro atoms. The Morgan fingerprint density at radius 3 is 2.55 bits per heavy atom. The first-order valence-electron chi connectivity index (χ1n) is 6.34. The highest BCUT2D eigenvalue weighted by atomic mass is 19.1. The number of hydrogen-bond acceptors (Lipinski definition) is 3. The van der Waals surface area contributed by atoms with Gasteiger partial charge in [-0.15, -0.1) is 0 Å². The number of esters is 1. The van der Waals surface area contributed by atoms with E-state index in [1.807, 2.05) is 30.3 Å². The van der Waals surface area contributed by atoms with Crippen molar-refractivity contribution in [1.82, 2.24) is 0 Å². The van der Waals surface area contributed by atoms with E-state index in [0.29, 0.717) is 0 Å². The number of ether oxygens (including phenoxy) is 2. The van der Waals surface area contributed by atoms with Gasteiger partial charge in [0.15, 0.2) is 11.6 Å². The van der Waals surface area contributed by atoms with Crippen molar-refractivity contribution in [3.8, 4) is 5.75 Å². The normalized spacial score (nSPS) is 10.1. The summed E-state index contributed by atoms with van der Waals surface area (Å²) in [7, 11) is 0. The van der Waals surface area contributed by atoms with Gasteiger partial charge < -0.3 is 9.47 Å². The summed E-state index contributed by atoms with van der Waals surface area (Å²) in [6.07, 6.45) is 0. The summed E-state index contributed by atoms with van der Waals surface area (Å²) >= 11 is 0. The molecule has 0 saturated carbocycles. The van der Waals surface area contributed by atoms with Crippen molar-refractivity contribution in [1.29, 1.82) is 0 Å². The third-order valence-electron chi connectivity index (χ3n) is 2.68. The molecule has 0 aliphatic heterocycles. The SMILES string of the molecule is CCOC(=O)c1ccc(OCc2ccccc2)c(F)c1. The zero-order valence-corrected chi connectivity index (χ0v) is 11.1. The van der Waals surface area contributed by atoms with Gasteiger partial charge in [-0.3, -0.25) is 0 Å². The second-order valence-corrected chi connectivity index (χ2v) is 4.14. The van der Waals surface area contributed by atoms with Gasteiger partial charge in [-0.2, -0.15) is 0 Å². The molecule has 0 radical (unpaired) electrons. The molecular weight excluding hydrogens is 259 g/mol. The first-order chi connectivity index (χ1) is 9.70. The Labute approximate surface area is 117 Å². The molecule has 0 heterocycles. The van der Waals surface area contributed by atoms with E-state index in [1.54, 1.807) is 6.92 Å². The van der Waals surface area contributed by atoms with Gasteiger partial charge in [-0.05, 0) is 30.7 Å². The smallest absolute Gasteiger partial charge is 0.338 e. The van der Waals surface area contributed by atoms with E-state index in [1.165, 1.54) is 12.1 Å². The molecule has 0 aliphatic rings. The number of hydrogen-bond donors (Lipinski definition) is 0. The Bertz CT molecular complexity index is 582. The minimum Gasteiger partial charge on any atom is -0.486 e. The van der Waals surface area contributed by atoms with Crippen LogP contribution in [0.1, 0.15) is 22.8 Å². The van der Waals surface area contributed by atoms with E-state index in [9.17, 15) is 9.18 Å². The largest absolute Gasteiger partial charge is 0.486 e. The summed E-state index contributed by atoms with van der Waals surface area (Å²) in [6.45, 7) is 2.23. The summed E-state index contributed by atoms with van der Waals surface area (Å²) in [5, 5.41) is 0. The van der Waals surface area contributed by atoms with Crippen LogP contribution in [0.15, 0.2) is 48.5 Å². The van der Waals surface area contributed by atoms with Gasteiger partial charge in [-0.25, -0.2) is 9.18 Å². The summed E-state index contributed by atoms with van der Waals surface area (Å²) < 4.78 is 24.0. The van der Waals surface area contributed by atoms with Gasteiger partial charge in [0.25, 0.3) is 0 Å². The third kappa shape index (κ3) is 3.57. The second kappa shape index (κ2) is 6.70. The number of benzene rings is 2. The summed E-state index contributed by atoms with van der Waals surface area (Å²) in [5.74, 6) is -1.01. The minimum absolute atomic E-state index is 0.113. The maximum atomic E-state index is 13.8. The van der Waals surface area contributed by atoms with Gasteiger partial charge in [-0.1, -0.05) is 30.3 Å². The first kappa shape index (κ1) is 14.1. The van der Waals surface area contributed by atoms with Gasteiger partial charge >= 0.3 is 5.97 Å². The van der Waals surface area contributed by atoms with E-state index >= 15 is 0 Å². The van der Waals surface area contributed by atoms with Crippen LogP contribution in [0.25, 0.3) is 0 Å². The van der Waals surface area contributed by atoms with Crippen LogP contribution in [0.4, 0.5) is 4.39 Å². The van der Waals surface area contributed by atoms with Crippen LogP contribution in [0, 0.1) is 5.82 Å². The van der Waals surface area contributed by atoms with Gasteiger partial charge in [0.2, 0.25) is 0 Å². The molecule has 0 fully saturated rings. The van der Waals surface area contributed by atoms with Crippen molar-refractivity contribution >= 4 is 5.97 Å². The predicted molar refractivity (Wildman–Crippen MR) is 73.1 cm³/mol. The maximum Gasteiger partial charge on any atom is 0.338 e. The molecule has 2 rings (SSSR count). The lowest BCUT2D eigenvalue weighted by molar-refractivity contribution is 0.0525. The van der Waals surface area contributed by atoms with Crippen molar-refractivity contribution < 1.29 is 18.7 Å². The lowest BCUT2D eigenvalue weighted by Gasteiger charge is -2.08. The molecule has 0 atom stereocenters. The van der Waals surface area contributed by atoms with Crippen LogP contribution in [0.2, 0.25) is 0 Å². The fourth-order valence-corrected chi connectivity index (χ4v) is 1.69. The number of halogens is 1. The average Bonchev–Trinajstić information content (AvgIpc) is 2.47. The van der Waals surface area contributed by atoms with Gasteiger partial charge in [0.1, 0.15) is 6.61 Å². The lowest BCUT2D eigenvalue weighted by Crippen LogP contribution is -2.05. The summed E-state index contributed by atoms with van der Waals surface area (Å²) in [6, 6.07) is 13.5. The molecule has 2 aromatic carbocycles. The second-order valence-electron chi connectivity index (χ2n) is 4.14. The van der Waals surface area contributed by atoms with E-state index in [2.05, 4.69) is 0 Å². The number of carbonyl (C=O) groups is 1. The van der Waals surface area contributed by atoms with Gasteiger partial charge in [0.05, 0.1) is 12.2 Å². The molecular formula is C16H15FO3. The van der Waals surface area contributed by atoms with Crippen molar-refractivity contribution in [3.63, 3.8) is 0 Å². The van der Waals surface area contributed by atoms with Gasteiger partial charge in [0, 0.05) is 0 Å². The molecule has 0 N–H and O–H groups in total. The topological polar surface area (TPSA) is 35.5 Å². The molecule has 0 bridgehead atoms. The molecule has 104 valence electrons. The van der Waals surface area contributed by atoms with Crippen LogP contribution in [-0.4, -0.2) is 12.6 Å². The van der Waals surface area contributed by atoms with Crippen LogP contribution in [-0.2, 0) is 11.3 Å². The Morgan fingerprint density at radius 1 is 1.15 bits per heavy atom. The first-order valence-corrected chi connectivity index (χ1v) is 6.34.